The fourth-order valence-electron chi connectivity index (χ4n) is 2.80. The third kappa shape index (κ3) is 3.81. The highest BCUT2D eigenvalue weighted by Crippen LogP contribution is 2.33. The average Bonchev–Trinajstić information content (AvgIpc) is 3.18. The average molecular weight is 409 g/mol. The molecule has 0 atom stereocenters. The highest BCUT2D eigenvalue weighted by molar-refractivity contribution is 7.13. The van der Waals surface area contributed by atoms with Crippen molar-refractivity contribution < 1.29 is 9.18 Å². The minimum atomic E-state index is -0.314. The summed E-state index contributed by atoms with van der Waals surface area (Å²) in [6.45, 7) is 0. The van der Waals surface area contributed by atoms with Gasteiger partial charge in [0, 0.05) is 27.1 Å². The Bertz CT molecular complexity index is 1160. The molecular weight excluding hydrogens is 395 g/mol. The Hall–Kier alpha value is -3.02. The van der Waals surface area contributed by atoms with E-state index in [0.717, 1.165) is 5.56 Å². The summed E-state index contributed by atoms with van der Waals surface area (Å²) in [6.07, 6.45) is 0. The lowest BCUT2D eigenvalue weighted by Gasteiger charge is -2.10. The van der Waals surface area contributed by atoms with Crippen molar-refractivity contribution in [1.82, 2.24) is 4.98 Å². The molecule has 0 saturated carbocycles. The van der Waals surface area contributed by atoms with Gasteiger partial charge < -0.3 is 5.32 Å². The highest BCUT2D eigenvalue weighted by atomic mass is 35.5. The molecule has 138 valence electrons. The maximum Gasteiger partial charge on any atom is 0.255 e. The number of anilines is 1. The van der Waals surface area contributed by atoms with E-state index in [1.54, 1.807) is 48.5 Å². The van der Waals surface area contributed by atoms with Gasteiger partial charge >= 0.3 is 0 Å². The molecule has 4 aromatic rings. The second-order valence-electron chi connectivity index (χ2n) is 6.03. The smallest absolute Gasteiger partial charge is 0.255 e. The molecule has 0 aliphatic heterocycles. The Labute approximate surface area is 170 Å². The molecule has 1 amide bonds. The van der Waals surface area contributed by atoms with E-state index in [0.29, 0.717) is 32.5 Å². The number of nitrogens with one attached hydrogen (secondary N) is 1. The zero-order chi connectivity index (χ0) is 19.5. The van der Waals surface area contributed by atoms with Crippen LogP contribution in [0, 0.1) is 5.82 Å². The van der Waals surface area contributed by atoms with Gasteiger partial charge in [0.05, 0.1) is 11.4 Å². The quantitative estimate of drug-likeness (QED) is 0.417. The van der Waals surface area contributed by atoms with Crippen molar-refractivity contribution in [2.75, 3.05) is 5.32 Å². The van der Waals surface area contributed by atoms with Crippen LogP contribution in [0.2, 0.25) is 5.02 Å². The summed E-state index contributed by atoms with van der Waals surface area (Å²) in [5.74, 6) is -0.578. The zero-order valence-corrected chi connectivity index (χ0v) is 16.1. The van der Waals surface area contributed by atoms with Crippen molar-refractivity contribution in [2.45, 2.75) is 0 Å². The van der Waals surface area contributed by atoms with E-state index in [1.165, 1.54) is 17.4 Å². The number of halogens is 2. The van der Waals surface area contributed by atoms with E-state index in [1.807, 2.05) is 23.6 Å². The van der Waals surface area contributed by atoms with E-state index >= 15 is 0 Å². The second-order valence-corrected chi connectivity index (χ2v) is 7.32. The van der Waals surface area contributed by atoms with Crippen molar-refractivity contribution in [1.29, 1.82) is 0 Å². The van der Waals surface area contributed by atoms with E-state index in [2.05, 4.69) is 10.3 Å². The molecule has 0 aliphatic carbocycles. The van der Waals surface area contributed by atoms with E-state index in [9.17, 15) is 9.18 Å². The molecule has 0 fully saturated rings. The number of nitrogens with zero attached hydrogens (tertiary/aromatic N) is 1. The maximum atomic E-state index is 14.1. The number of thiazole rings is 1. The minimum absolute atomic E-state index is 0.264. The van der Waals surface area contributed by atoms with Gasteiger partial charge in [0.15, 0.2) is 0 Å². The van der Waals surface area contributed by atoms with E-state index in [4.69, 9.17) is 11.6 Å². The Balaban J connectivity index is 1.66. The molecule has 1 N–H and O–H groups in total. The van der Waals surface area contributed by atoms with Crippen LogP contribution in [0.1, 0.15) is 10.4 Å². The van der Waals surface area contributed by atoms with E-state index in [-0.39, 0.29) is 11.7 Å². The van der Waals surface area contributed by atoms with Crippen LogP contribution in [0.3, 0.4) is 0 Å². The van der Waals surface area contributed by atoms with Crippen LogP contribution in [-0.2, 0) is 0 Å². The maximum absolute atomic E-state index is 14.1. The molecule has 3 aromatic carbocycles. The van der Waals surface area contributed by atoms with Crippen LogP contribution >= 0.6 is 22.9 Å². The van der Waals surface area contributed by atoms with Gasteiger partial charge in [0.2, 0.25) is 0 Å². The van der Waals surface area contributed by atoms with Crippen LogP contribution in [0.5, 0.6) is 0 Å². The molecule has 1 aromatic heterocycles. The highest BCUT2D eigenvalue weighted by Gasteiger charge is 2.14. The standard InChI is InChI=1S/C22H14ClFN2OS/c23-15-7-5-6-14(12-15)21(27)25-19-11-4-2-9-17(19)20-13-28-22(26-20)16-8-1-3-10-18(16)24/h1-13H,(H,25,27). The third-order valence-electron chi connectivity index (χ3n) is 4.15. The molecule has 6 heteroatoms. The number of hydrogen-bond donors (Lipinski definition) is 1. The summed E-state index contributed by atoms with van der Waals surface area (Å²) >= 11 is 7.33. The largest absolute Gasteiger partial charge is 0.321 e. The predicted molar refractivity (Wildman–Crippen MR) is 112 cm³/mol. The molecule has 1 heterocycles. The number of carbonyl (C=O) groups excluding carboxylic acids is 1. The topological polar surface area (TPSA) is 42.0 Å². The van der Waals surface area contributed by atoms with Crippen molar-refractivity contribution in [3.05, 3.63) is 94.6 Å². The lowest BCUT2D eigenvalue weighted by Crippen LogP contribution is -2.12. The van der Waals surface area contributed by atoms with Crippen LogP contribution in [0.4, 0.5) is 10.1 Å². The van der Waals surface area contributed by atoms with Gasteiger partial charge in [-0.15, -0.1) is 11.3 Å². The molecule has 0 unspecified atom stereocenters. The number of rotatable bonds is 4. The first-order chi connectivity index (χ1) is 13.6. The minimum Gasteiger partial charge on any atom is -0.321 e. The Morgan fingerprint density at radius 2 is 1.71 bits per heavy atom. The Morgan fingerprint density at radius 1 is 0.964 bits per heavy atom. The molecule has 28 heavy (non-hydrogen) atoms. The van der Waals surface area contributed by atoms with Crippen LogP contribution in [0.15, 0.2) is 78.2 Å². The third-order valence-corrected chi connectivity index (χ3v) is 5.26. The molecule has 0 bridgehead atoms. The van der Waals surface area contributed by atoms with Gasteiger partial charge in [-0.3, -0.25) is 4.79 Å². The van der Waals surface area contributed by atoms with Crippen LogP contribution < -0.4 is 5.32 Å². The number of hydrogen-bond acceptors (Lipinski definition) is 3. The first-order valence-electron chi connectivity index (χ1n) is 8.48. The normalized spacial score (nSPS) is 10.6. The number of para-hydroxylation sites is 1. The van der Waals surface area contributed by atoms with Crippen molar-refractivity contribution in [3.63, 3.8) is 0 Å². The van der Waals surface area contributed by atoms with Crippen LogP contribution in [-0.4, -0.2) is 10.9 Å². The van der Waals surface area contributed by atoms with Crippen LogP contribution in [0.25, 0.3) is 21.8 Å². The van der Waals surface area contributed by atoms with E-state index < -0.39 is 0 Å². The fraction of sp³-hybridized carbons (Fsp3) is 0. The number of amides is 1. The number of benzene rings is 3. The summed E-state index contributed by atoms with van der Waals surface area (Å²) < 4.78 is 14.1. The molecule has 0 radical (unpaired) electrons. The first kappa shape index (κ1) is 18.3. The fourth-order valence-corrected chi connectivity index (χ4v) is 3.83. The summed E-state index contributed by atoms with van der Waals surface area (Å²) in [5, 5.41) is 5.84. The van der Waals surface area contributed by atoms with Gasteiger partial charge in [-0.25, -0.2) is 9.37 Å². The summed E-state index contributed by atoms with van der Waals surface area (Å²) in [6, 6.07) is 20.7. The van der Waals surface area contributed by atoms with Gasteiger partial charge in [0.1, 0.15) is 10.8 Å². The molecule has 0 aliphatic rings. The molecule has 3 nitrogen and oxygen atoms in total. The number of carbonyl (C=O) groups is 1. The van der Waals surface area contributed by atoms with Gasteiger partial charge in [-0.05, 0) is 36.4 Å². The predicted octanol–water partition coefficient (Wildman–Crippen LogP) is 6.52. The summed E-state index contributed by atoms with van der Waals surface area (Å²) in [4.78, 5) is 17.2. The van der Waals surface area contributed by atoms with Gasteiger partial charge in [-0.2, -0.15) is 0 Å². The Morgan fingerprint density at radius 3 is 2.50 bits per heavy atom. The molecule has 0 spiro atoms. The second kappa shape index (κ2) is 7.92. The van der Waals surface area contributed by atoms with Gasteiger partial charge in [-0.1, -0.05) is 48.0 Å². The zero-order valence-electron chi connectivity index (χ0n) is 14.5. The SMILES string of the molecule is O=C(Nc1ccccc1-c1csc(-c2ccccc2F)n1)c1cccc(Cl)c1. The summed E-state index contributed by atoms with van der Waals surface area (Å²) in [5.41, 5.74) is 2.98. The monoisotopic (exact) mass is 408 g/mol. The summed E-state index contributed by atoms with van der Waals surface area (Å²) in [7, 11) is 0. The van der Waals surface area contributed by atoms with Crippen molar-refractivity contribution in [3.8, 4) is 21.8 Å². The van der Waals surface area contributed by atoms with Crippen molar-refractivity contribution in [2.24, 2.45) is 0 Å². The molecule has 4 rings (SSSR count). The molecule has 0 saturated heterocycles. The lowest BCUT2D eigenvalue weighted by molar-refractivity contribution is 0.102. The Kier molecular flexibility index (Phi) is 5.19. The van der Waals surface area contributed by atoms with Gasteiger partial charge in [0.25, 0.3) is 5.91 Å². The first-order valence-corrected chi connectivity index (χ1v) is 9.74. The molecular formula is C22H14ClFN2OS. The van der Waals surface area contributed by atoms with Crippen molar-refractivity contribution >= 4 is 34.5 Å². The number of aromatic nitrogens is 1. The lowest BCUT2D eigenvalue weighted by atomic mass is 10.1.